The van der Waals surface area contributed by atoms with Crippen molar-refractivity contribution in [3.05, 3.63) is 0 Å². The Morgan fingerprint density at radius 1 is 1.23 bits per heavy atom. The molecule has 1 N–H and O–H groups in total. The number of methoxy groups -OCH3 is 1. The van der Waals surface area contributed by atoms with Gasteiger partial charge in [0.1, 0.15) is 5.60 Å². The summed E-state index contributed by atoms with van der Waals surface area (Å²) in [5.74, 6) is 1.51. The minimum Gasteiger partial charge on any atom is -0.460 e. The monoisotopic (exact) mass is 483 g/mol. The highest BCUT2D eigenvalue weighted by atomic mass is 127. The van der Waals surface area contributed by atoms with Gasteiger partial charge in [0.25, 0.3) is 0 Å². The van der Waals surface area contributed by atoms with Crippen molar-refractivity contribution in [2.75, 3.05) is 40.4 Å². The second-order valence-corrected chi connectivity index (χ2v) is 7.78. The van der Waals surface area contributed by atoms with Crippen LogP contribution in [0.3, 0.4) is 0 Å². The van der Waals surface area contributed by atoms with E-state index in [-0.39, 0.29) is 35.5 Å². The number of unbranched alkanes of at least 4 members (excludes halogenated alkanes) is 3. The number of carbonyl (C=O) groups is 1. The van der Waals surface area contributed by atoms with Crippen molar-refractivity contribution in [2.45, 2.75) is 64.9 Å². The second kappa shape index (κ2) is 13.6. The first-order chi connectivity index (χ1) is 11.9. The van der Waals surface area contributed by atoms with E-state index in [9.17, 15) is 4.79 Å². The van der Waals surface area contributed by atoms with Crippen LogP contribution in [0.1, 0.15) is 59.3 Å². The Hall–Kier alpha value is -0.570. The quantitative estimate of drug-likeness (QED) is 0.179. The van der Waals surface area contributed by atoms with Crippen LogP contribution in [0.4, 0.5) is 0 Å². The molecule has 154 valence electrons. The zero-order chi connectivity index (χ0) is 18.7. The van der Waals surface area contributed by atoms with E-state index in [2.05, 4.69) is 15.2 Å². The number of hydrogen-bond acceptors (Lipinski definition) is 4. The highest BCUT2D eigenvalue weighted by molar-refractivity contribution is 14.0. The average molecular weight is 483 g/mol. The summed E-state index contributed by atoms with van der Waals surface area (Å²) in [4.78, 5) is 18.3. The fourth-order valence-corrected chi connectivity index (χ4v) is 3.07. The summed E-state index contributed by atoms with van der Waals surface area (Å²) in [6, 6.07) is 0. The lowest BCUT2D eigenvalue weighted by Gasteiger charge is -2.21. The molecule has 1 saturated heterocycles. The van der Waals surface area contributed by atoms with E-state index < -0.39 is 0 Å². The number of nitrogens with one attached hydrogen (secondary N) is 1. The van der Waals surface area contributed by atoms with Crippen molar-refractivity contribution in [2.24, 2.45) is 10.9 Å². The van der Waals surface area contributed by atoms with E-state index in [0.717, 1.165) is 57.9 Å². The summed E-state index contributed by atoms with van der Waals surface area (Å²) in [5.41, 5.74) is -0.380. The molecule has 1 rings (SSSR count). The van der Waals surface area contributed by atoms with Gasteiger partial charge in [-0.05, 0) is 40.0 Å². The summed E-state index contributed by atoms with van der Waals surface area (Å²) in [6.45, 7) is 9.52. The molecule has 1 heterocycles. The van der Waals surface area contributed by atoms with Crippen molar-refractivity contribution in [3.8, 4) is 0 Å². The van der Waals surface area contributed by atoms with E-state index in [1.165, 1.54) is 6.42 Å². The Morgan fingerprint density at radius 2 is 1.92 bits per heavy atom. The van der Waals surface area contributed by atoms with Crippen LogP contribution in [-0.2, 0) is 14.3 Å². The van der Waals surface area contributed by atoms with Crippen LogP contribution in [0, 0.1) is 5.92 Å². The smallest absolute Gasteiger partial charge is 0.306 e. The zero-order valence-corrected chi connectivity index (χ0v) is 19.5. The fourth-order valence-electron chi connectivity index (χ4n) is 3.07. The summed E-state index contributed by atoms with van der Waals surface area (Å²) in [6.07, 6.45) is 5.83. The molecule has 1 aliphatic rings. The van der Waals surface area contributed by atoms with Crippen molar-refractivity contribution in [1.29, 1.82) is 0 Å². The molecule has 0 saturated carbocycles. The molecular weight excluding hydrogens is 445 g/mol. The largest absolute Gasteiger partial charge is 0.460 e. The molecule has 0 aliphatic carbocycles. The topological polar surface area (TPSA) is 63.2 Å². The molecule has 0 amide bonds. The van der Waals surface area contributed by atoms with E-state index in [1.807, 2.05) is 27.8 Å². The van der Waals surface area contributed by atoms with E-state index in [0.29, 0.717) is 12.3 Å². The van der Waals surface area contributed by atoms with Gasteiger partial charge in [0.2, 0.25) is 0 Å². The third-order valence-corrected chi connectivity index (χ3v) is 4.21. The Bertz CT molecular complexity index is 425. The van der Waals surface area contributed by atoms with Crippen molar-refractivity contribution < 1.29 is 14.3 Å². The minimum atomic E-state index is -0.380. The van der Waals surface area contributed by atoms with E-state index >= 15 is 0 Å². The maximum atomic E-state index is 11.6. The maximum Gasteiger partial charge on any atom is 0.306 e. The molecule has 1 fully saturated rings. The molecule has 0 radical (unpaired) electrons. The lowest BCUT2D eigenvalue weighted by molar-refractivity contribution is -0.154. The van der Waals surface area contributed by atoms with Gasteiger partial charge < -0.3 is 19.7 Å². The lowest BCUT2D eigenvalue weighted by atomic mass is 10.1. The molecule has 7 heteroatoms. The number of rotatable bonds is 9. The minimum absolute atomic E-state index is 0. The number of likely N-dealkylation sites (tertiary alicyclic amines) is 1. The SMILES string of the molecule is CN=C(NCCCCCCC(=O)OC(C)(C)C)N1CCC(COC)C1.I. The van der Waals surface area contributed by atoms with E-state index in [1.54, 1.807) is 7.11 Å². The maximum absolute atomic E-state index is 11.6. The van der Waals surface area contributed by atoms with Crippen LogP contribution in [0.15, 0.2) is 4.99 Å². The molecule has 26 heavy (non-hydrogen) atoms. The van der Waals surface area contributed by atoms with Gasteiger partial charge in [0.05, 0.1) is 6.61 Å². The number of nitrogens with zero attached hydrogens (tertiary/aromatic N) is 2. The number of halogens is 1. The van der Waals surface area contributed by atoms with Gasteiger partial charge in [0, 0.05) is 46.1 Å². The van der Waals surface area contributed by atoms with Gasteiger partial charge in [-0.1, -0.05) is 12.8 Å². The molecule has 0 spiro atoms. The van der Waals surface area contributed by atoms with Crippen LogP contribution in [-0.4, -0.2) is 62.8 Å². The normalized spacial score (nSPS) is 17.8. The average Bonchev–Trinajstić information content (AvgIpc) is 2.97. The zero-order valence-electron chi connectivity index (χ0n) is 17.2. The predicted octanol–water partition coefficient (Wildman–Crippen LogP) is 3.44. The predicted molar refractivity (Wildman–Crippen MR) is 117 cm³/mol. The molecular formula is C19H38IN3O3. The van der Waals surface area contributed by atoms with Gasteiger partial charge in [-0.15, -0.1) is 24.0 Å². The molecule has 1 unspecified atom stereocenters. The third-order valence-electron chi connectivity index (χ3n) is 4.21. The Kier molecular flexibility index (Phi) is 13.3. The number of hydrogen-bond donors (Lipinski definition) is 1. The number of guanidine groups is 1. The molecule has 1 atom stereocenters. The Balaban J connectivity index is 0.00000625. The second-order valence-electron chi connectivity index (χ2n) is 7.78. The summed E-state index contributed by atoms with van der Waals surface area (Å²) in [7, 11) is 3.60. The molecule has 0 aromatic carbocycles. The van der Waals surface area contributed by atoms with E-state index in [4.69, 9.17) is 9.47 Å². The van der Waals surface area contributed by atoms with Gasteiger partial charge in [-0.3, -0.25) is 9.79 Å². The summed E-state index contributed by atoms with van der Waals surface area (Å²) >= 11 is 0. The summed E-state index contributed by atoms with van der Waals surface area (Å²) < 4.78 is 10.6. The first-order valence-corrected chi connectivity index (χ1v) is 9.52. The Labute approximate surface area is 176 Å². The van der Waals surface area contributed by atoms with Gasteiger partial charge in [-0.2, -0.15) is 0 Å². The first kappa shape index (κ1) is 25.4. The first-order valence-electron chi connectivity index (χ1n) is 9.52. The molecule has 1 aliphatic heterocycles. The van der Waals surface area contributed by atoms with Gasteiger partial charge >= 0.3 is 5.97 Å². The van der Waals surface area contributed by atoms with Crippen molar-refractivity contribution in [3.63, 3.8) is 0 Å². The molecule has 0 aromatic heterocycles. The highest BCUT2D eigenvalue weighted by Gasteiger charge is 2.24. The van der Waals surface area contributed by atoms with Crippen molar-refractivity contribution >= 4 is 35.9 Å². The lowest BCUT2D eigenvalue weighted by Crippen LogP contribution is -2.40. The van der Waals surface area contributed by atoms with Crippen LogP contribution in [0.25, 0.3) is 0 Å². The molecule has 0 bridgehead atoms. The van der Waals surface area contributed by atoms with Crippen LogP contribution in [0.5, 0.6) is 0 Å². The van der Waals surface area contributed by atoms with Crippen LogP contribution >= 0.6 is 24.0 Å². The molecule has 0 aromatic rings. The molecule has 6 nitrogen and oxygen atoms in total. The van der Waals surface area contributed by atoms with Crippen molar-refractivity contribution in [1.82, 2.24) is 10.2 Å². The number of carbonyl (C=O) groups excluding carboxylic acids is 1. The number of ether oxygens (including phenoxy) is 2. The standard InChI is InChI=1S/C19H37N3O3.HI/c1-19(2,3)25-17(23)10-8-6-7-9-12-21-18(20-4)22-13-11-16(14-22)15-24-5;/h16H,6-15H2,1-5H3,(H,20,21);1H. The van der Waals surface area contributed by atoms with Crippen LogP contribution in [0.2, 0.25) is 0 Å². The Morgan fingerprint density at radius 3 is 2.54 bits per heavy atom. The highest BCUT2D eigenvalue weighted by Crippen LogP contribution is 2.16. The van der Waals surface area contributed by atoms with Gasteiger partial charge in [-0.25, -0.2) is 0 Å². The third kappa shape index (κ3) is 11.2. The van der Waals surface area contributed by atoms with Crippen LogP contribution < -0.4 is 5.32 Å². The number of aliphatic imine (C=N–C) groups is 1. The number of esters is 1. The van der Waals surface area contributed by atoms with Gasteiger partial charge in [0.15, 0.2) is 5.96 Å². The fraction of sp³-hybridized carbons (Fsp3) is 0.895. The summed E-state index contributed by atoms with van der Waals surface area (Å²) in [5, 5.41) is 3.45.